The molecule has 7 nitrogen and oxygen atoms in total. The zero-order chi connectivity index (χ0) is 15.2. The van der Waals surface area contributed by atoms with Crippen LogP contribution >= 0.6 is 0 Å². The fourth-order valence-electron chi connectivity index (χ4n) is 1.30. The first-order valence-corrected chi connectivity index (χ1v) is 6.39. The van der Waals surface area contributed by atoms with E-state index >= 15 is 0 Å². The third-order valence-electron chi connectivity index (χ3n) is 2.36. The number of urea groups is 1. The van der Waals surface area contributed by atoms with Gasteiger partial charge in [-0.3, -0.25) is 0 Å². The number of carboxylic acids is 1. The second kappa shape index (κ2) is 12.3. The first-order chi connectivity index (χ1) is 9.61. The van der Waals surface area contributed by atoms with E-state index in [0.29, 0.717) is 26.4 Å². The Labute approximate surface area is 119 Å². The van der Waals surface area contributed by atoms with Gasteiger partial charge >= 0.3 is 12.0 Å². The Morgan fingerprint density at radius 2 is 2.05 bits per heavy atom. The Kier molecular flexibility index (Phi) is 11.2. The number of nitrogens with one attached hydrogen (secondary N) is 2. The van der Waals surface area contributed by atoms with Crippen molar-refractivity contribution in [1.29, 1.82) is 0 Å². The summed E-state index contributed by atoms with van der Waals surface area (Å²) in [7, 11) is 1.61. The molecule has 0 saturated heterocycles. The molecule has 0 aliphatic rings. The monoisotopic (exact) mass is 286 g/mol. The van der Waals surface area contributed by atoms with Crippen molar-refractivity contribution in [1.82, 2.24) is 10.6 Å². The van der Waals surface area contributed by atoms with Crippen molar-refractivity contribution in [2.24, 2.45) is 0 Å². The lowest BCUT2D eigenvalue weighted by Crippen LogP contribution is -2.46. The number of methoxy groups -OCH3 is 1. The molecule has 0 heterocycles. The number of hydrogen-bond donors (Lipinski definition) is 3. The molecule has 0 saturated carbocycles. The molecule has 1 atom stereocenters. The average molecular weight is 286 g/mol. The number of ether oxygens (including phenoxy) is 2. The molecule has 0 aromatic rings. The maximum absolute atomic E-state index is 11.4. The molecule has 0 aliphatic heterocycles. The van der Waals surface area contributed by atoms with E-state index in [0.717, 1.165) is 12.8 Å². The molecule has 0 spiro atoms. The molecule has 7 heteroatoms. The van der Waals surface area contributed by atoms with Gasteiger partial charge in [-0.1, -0.05) is 0 Å². The molecule has 0 radical (unpaired) electrons. The van der Waals surface area contributed by atoms with Crippen LogP contribution in [0.25, 0.3) is 0 Å². The van der Waals surface area contributed by atoms with Gasteiger partial charge in [0.05, 0.1) is 13.2 Å². The lowest BCUT2D eigenvalue weighted by atomic mass is 10.2. The van der Waals surface area contributed by atoms with Crippen molar-refractivity contribution in [3.05, 3.63) is 0 Å². The maximum Gasteiger partial charge on any atom is 0.327 e. The van der Waals surface area contributed by atoms with E-state index in [1.54, 1.807) is 7.11 Å². The molecule has 3 N–H and O–H groups in total. The van der Waals surface area contributed by atoms with Gasteiger partial charge in [0.15, 0.2) is 0 Å². The summed E-state index contributed by atoms with van der Waals surface area (Å²) in [5.41, 5.74) is 0. The van der Waals surface area contributed by atoms with Gasteiger partial charge in [0.1, 0.15) is 6.04 Å². The third-order valence-corrected chi connectivity index (χ3v) is 2.36. The Balaban J connectivity index is 3.58. The van der Waals surface area contributed by atoms with Gasteiger partial charge in [-0.05, 0) is 12.8 Å². The number of amides is 2. The first kappa shape index (κ1) is 18.2. The van der Waals surface area contributed by atoms with Crippen LogP contribution in [0.15, 0.2) is 0 Å². The molecular formula is C13H22N2O5. The summed E-state index contributed by atoms with van der Waals surface area (Å²) >= 11 is 0. The standard InChI is InChI=1S/C13H22N2O5/c1-3-6-11(12(16)17)15-13(18)14-7-4-5-8-20-10-9-19-2/h1,11H,4-10H2,2H3,(H,16,17)(H2,14,15,18). The van der Waals surface area contributed by atoms with E-state index in [1.165, 1.54) is 0 Å². The highest BCUT2D eigenvalue weighted by Gasteiger charge is 2.17. The Morgan fingerprint density at radius 1 is 1.30 bits per heavy atom. The van der Waals surface area contributed by atoms with E-state index in [1.807, 2.05) is 0 Å². The van der Waals surface area contributed by atoms with Crippen molar-refractivity contribution in [2.75, 3.05) is 33.5 Å². The zero-order valence-corrected chi connectivity index (χ0v) is 11.7. The smallest absolute Gasteiger partial charge is 0.327 e. The SMILES string of the molecule is C#CCC(NC(=O)NCCCCOCCOC)C(=O)O. The summed E-state index contributed by atoms with van der Waals surface area (Å²) in [4.78, 5) is 22.2. The predicted molar refractivity (Wildman–Crippen MR) is 73.3 cm³/mol. The van der Waals surface area contributed by atoms with Crippen molar-refractivity contribution >= 4 is 12.0 Å². The van der Waals surface area contributed by atoms with Crippen LogP contribution < -0.4 is 10.6 Å². The summed E-state index contributed by atoms with van der Waals surface area (Å²) < 4.78 is 10.1. The van der Waals surface area contributed by atoms with Crippen LogP contribution in [0.5, 0.6) is 0 Å². The molecule has 20 heavy (non-hydrogen) atoms. The highest BCUT2D eigenvalue weighted by molar-refractivity contribution is 5.82. The van der Waals surface area contributed by atoms with E-state index in [4.69, 9.17) is 21.0 Å². The van der Waals surface area contributed by atoms with Crippen molar-refractivity contribution in [3.63, 3.8) is 0 Å². The second-order valence-corrected chi connectivity index (χ2v) is 4.01. The molecule has 0 bridgehead atoms. The quantitative estimate of drug-likeness (QED) is 0.372. The van der Waals surface area contributed by atoms with Gasteiger partial charge in [0.25, 0.3) is 0 Å². The lowest BCUT2D eigenvalue weighted by Gasteiger charge is -2.12. The minimum atomic E-state index is -1.15. The summed E-state index contributed by atoms with van der Waals surface area (Å²) in [5, 5.41) is 13.7. The van der Waals surface area contributed by atoms with Crippen LogP contribution in [-0.4, -0.2) is 56.6 Å². The van der Waals surface area contributed by atoms with Gasteiger partial charge in [-0.2, -0.15) is 0 Å². The van der Waals surface area contributed by atoms with Crippen molar-refractivity contribution in [2.45, 2.75) is 25.3 Å². The molecule has 0 rings (SSSR count). The molecule has 0 fully saturated rings. The zero-order valence-electron chi connectivity index (χ0n) is 11.7. The van der Waals surface area contributed by atoms with Gasteiger partial charge in [0, 0.05) is 26.7 Å². The van der Waals surface area contributed by atoms with E-state index in [2.05, 4.69) is 16.6 Å². The van der Waals surface area contributed by atoms with Crippen LogP contribution in [0.2, 0.25) is 0 Å². The fraction of sp³-hybridized carbons (Fsp3) is 0.692. The van der Waals surface area contributed by atoms with Gasteiger partial charge < -0.3 is 25.2 Å². The van der Waals surface area contributed by atoms with Crippen LogP contribution in [0.4, 0.5) is 4.79 Å². The molecule has 2 amide bonds. The van der Waals surface area contributed by atoms with Crippen LogP contribution in [0, 0.1) is 12.3 Å². The summed E-state index contributed by atoms with van der Waals surface area (Å²) in [6, 6.07) is -1.59. The van der Waals surface area contributed by atoms with E-state index in [-0.39, 0.29) is 6.42 Å². The van der Waals surface area contributed by atoms with Crippen molar-refractivity contribution < 1.29 is 24.2 Å². The normalized spacial score (nSPS) is 11.4. The highest BCUT2D eigenvalue weighted by atomic mass is 16.5. The second-order valence-electron chi connectivity index (χ2n) is 4.01. The Bertz CT molecular complexity index is 327. The minimum Gasteiger partial charge on any atom is -0.480 e. The maximum atomic E-state index is 11.4. The molecule has 0 aliphatic carbocycles. The first-order valence-electron chi connectivity index (χ1n) is 6.39. The van der Waals surface area contributed by atoms with E-state index < -0.39 is 18.0 Å². The Hall–Kier alpha value is -1.78. The summed E-state index contributed by atoms with van der Waals surface area (Å²) in [6.07, 6.45) is 6.52. The fourth-order valence-corrected chi connectivity index (χ4v) is 1.30. The third kappa shape index (κ3) is 10.2. The number of rotatable bonds is 11. The average Bonchev–Trinajstić information content (AvgIpc) is 2.41. The van der Waals surface area contributed by atoms with Crippen LogP contribution in [0.1, 0.15) is 19.3 Å². The molecule has 114 valence electrons. The predicted octanol–water partition coefficient (Wildman–Crippen LogP) is 0.205. The van der Waals surface area contributed by atoms with Crippen LogP contribution in [0.3, 0.4) is 0 Å². The summed E-state index contributed by atoms with van der Waals surface area (Å²) in [6.45, 7) is 2.16. The van der Waals surface area contributed by atoms with E-state index in [9.17, 15) is 9.59 Å². The van der Waals surface area contributed by atoms with Crippen LogP contribution in [-0.2, 0) is 14.3 Å². The minimum absolute atomic E-state index is 0.0455. The number of carbonyl (C=O) groups excluding carboxylic acids is 1. The number of hydrogen-bond acceptors (Lipinski definition) is 4. The number of unbranched alkanes of at least 4 members (excludes halogenated alkanes) is 1. The van der Waals surface area contributed by atoms with Gasteiger partial charge in [0.2, 0.25) is 0 Å². The topological polar surface area (TPSA) is 96.9 Å². The molecular weight excluding hydrogens is 264 g/mol. The number of aliphatic carboxylic acids is 1. The molecule has 0 aromatic carbocycles. The largest absolute Gasteiger partial charge is 0.480 e. The highest BCUT2D eigenvalue weighted by Crippen LogP contribution is 1.92. The van der Waals surface area contributed by atoms with Gasteiger partial charge in [-0.15, -0.1) is 12.3 Å². The number of carboxylic acid groups (broad SMARTS) is 1. The van der Waals surface area contributed by atoms with Crippen molar-refractivity contribution in [3.8, 4) is 12.3 Å². The molecule has 1 unspecified atom stereocenters. The number of carbonyl (C=O) groups is 2. The molecule has 0 aromatic heterocycles. The summed E-state index contributed by atoms with van der Waals surface area (Å²) in [5.74, 6) is 1.06. The lowest BCUT2D eigenvalue weighted by molar-refractivity contribution is -0.139. The van der Waals surface area contributed by atoms with Gasteiger partial charge in [-0.25, -0.2) is 9.59 Å². The number of terminal acetylenes is 1. The Morgan fingerprint density at radius 3 is 2.65 bits per heavy atom.